The van der Waals surface area contributed by atoms with Gasteiger partial charge in [-0.15, -0.1) is 0 Å². The van der Waals surface area contributed by atoms with Crippen molar-refractivity contribution in [3.63, 3.8) is 0 Å². The maximum absolute atomic E-state index is 16.1. The molecular weight excluding hydrogens is 1190 g/mol. The third-order valence-corrected chi connectivity index (χ3v) is 25.2. The molecule has 12 nitrogen and oxygen atoms in total. The van der Waals surface area contributed by atoms with Crippen LogP contribution in [0.15, 0.2) is 0 Å². The average molecular weight is 1340 g/mol. The molecule has 0 bridgehead atoms. The van der Waals surface area contributed by atoms with Crippen LogP contribution in [0.5, 0.6) is 0 Å². The van der Waals surface area contributed by atoms with Crippen LogP contribution in [0, 0.1) is 0 Å². The van der Waals surface area contributed by atoms with Crippen molar-refractivity contribution in [1.29, 1.82) is 0 Å². The van der Waals surface area contributed by atoms with Crippen LogP contribution in [0.4, 0.5) is 0 Å². The normalized spacial score (nSPS) is 14.3. The Kier molecular flexibility index (Phi) is 72.3. The number of carbonyl (C=O) groups excluding carboxylic acids is 4. The zero-order chi connectivity index (χ0) is 64.9. The van der Waals surface area contributed by atoms with Gasteiger partial charge in [0.15, 0.2) is 0 Å². The van der Waals surface area contributed by atoms with Crippen LogP contribution in [0.2, 0.25) is 0 Å². The van der Waals surface area contributed by atoms with Crippen LogP contribution in [0.1, 0.15) is 413 Å². The Labute approximate surface area is 599 Å². The molecule has 4 N–H and O–H groups in total. The maximum atomic E-state index is 16.1. The Balaban J connectivity index is -0.0000378. The van der Waals surface area contributed by atoms with Gasteiger partial charge in [-0.3, -0.25) is 28.3 Å². The second kappa shape index (κ2) is 68.4. The molecule has 0 rings (SSSR count). The molecule has 16 heteroatoms. The van der Waals surface area contributed by atoms with E-state index in [1.165, 1.54) is 193 Å². The van der Waals surface area contributed by atoms with Crippen molar-refractivity contribution < 1.29 is 57.8 Å². The van der Waals surface area contributed by atoms with Crippen LogP contribution in [-0.2, 0) is 37.4 Å². The molecule has 0 amide bonds. The Morgan fingerprint density at radius 1 is 0.311 bits per heavy atom. The molecule has 0 saturated heterocycles. The van der Waals surface area contributed by atoms with Crippen molar-refractivity contribution in [2.75, 3.05) is 19.8 Å². The molecule has 4 atom stereocenters. The Morgan fingerprint density at radius 3 is 0.689 bits per heavy atom. The summed E-state index contributed by atoms with van der Waals surface area (Å²) in [5, 5.41) is 42.0. The van der Waals surface area contributed by atoms with Gasteiger partial charge in [0.1, 0.15) is 11.6 Å². The zero-order valence-electron chi connectivity index (χ0n) is 58.2. The molecule has 0 aromatic heterocycles. The molecule has 0 aliphatic rings. The molecule has 4 unspecified atom stereocenters. The predicted molar refractivity (Wildman–Crippen MR) is 385 cm³/mol. The van der Waals surface area contributed by atoms with Gasteiger partial charge in [0.05, 0.1) is 25.4 Å². The summed E-state index contributed by atoms with van der Waals surface area (Å²) in [6.45, 7) is 6.59. The number of carbonyl (C=O) groups is 4. The number of aliphatic hydroxyl groups excluding tert-OH is 3. The van der Waals surface area contributed by atoms with Gasteiger partial charge in [0.2, 0.25) is 16.1 Å². The minimum absolute atomic E-state index is 0. The van der Waals surface area contributed by atoms with E-state index < -0.39 is 82.2 Å². The zero-order valence-corrected chi connectivity index (χ0v) is 59.9. The van der Waals surface area contributed by atoms with Crippen LogP contribution >= 0.6 is 14.7 Å². The summed E-state index contributed by atoms with van der Waals surface area (Å²) in [6.07, 6.45) is 51.1. The molecule has 0 heterocycles. The number of aliphatic hydroxyl groups is 4. The first-order chi connectivity index (χ1) is 42.8. The summed E-state index contributed by atoms with van der Waals surface area (Å²) >= 11 is 0. The third kappa shape index (κ3) is 49.4. The quantitative estimate of drug-likeness (QED) is 0.0255. The van der Waals surface area contributed by atoms with Crippen molar-refractivity contribution in [3.8, 4) is 0 Å². The molecule has 0 aromatic carbocycles. The molecule has 90 heavy (non-hydrogen) atoms. The molecule has 0 aromatic rings. The first-order valence-electron chi connectivity index (χ1n) is 38.0. The number of Topliss-reactive ketones (excluding diaryl/α,β-unsaturated/α-hetero) is 2. The van der Waals surface area contributed by atoms with Crippen LogP contribution in [-0.4, -0.2) is 139 Å². The fourth-order valence-corrected chi connectivity index (χ4v) is 19.1. The topological polar surface area (TPSA) is 202 Å². The van der Waals surface area contributed by atoms with Gasteiger partial charge in [0.25, 0.3) is 0 Å². The summed E-state index contributed by atoms with van der Waals surface area (Å²) in [5.41, 5.74) is -2.18. The van der Waals surface area contributed by atoms with E-state index >= 15 is 9.13 Å². The van der Waals surface area contributed by atoms with E-state index in [-0.39, 0.29) is 116 Å². The van der Waals surface area contributed by atoms with Gasteiger partial charge in [-0.1, -0.05) is 336 Å². The van der Waals surface area contributed by atoms with Crippen molar-refractivity contribution in [3.05, 3.63) is 0 Å². The molecule has 0 fully saturated rings. The van der Waals surface area contributed by atoms with Gasteiger partial charge in [-0.05, 0) is 38.5 Å². The van der Waals surface area contributed by atoms with Crippen LogP contribution in [0.25, 0.3) is 0 Å². The number of rotatable bonds is 73. The summed E-state index contributed by atoms with van der Waals surface area (Å²) in [7, 11) is -11.0. The fourth-order valence-electron chi connectivity index (χ4n) is 12.4. The van der Waals surface area contributed by atoms with Crippen LogP contribution in [0.3, 0.4) is 0 Å². The van der Waals surface area contributed by atoms with E-state index in [1.807, 2.05) is 0 Å². The van der Waals surface area contributed by atoms with Crippen molar-refractivity contribution in [2.24, 2.45) is 0 Å². The summed E-state index contributed by atoms with van der Waals surface area (Å²) in [5.74, 6) is -0.589. The molecule has 0 aliphatic heterocycles. The van der Waals surface area contributed by atoms with Crippen molar-refractivity contribution >= 4 is 96.5 Å². The number of hydrogen-bond acceptors (Lipinski definition) is 12. The standard InChI is InChI=1S/C74H144O12P2.2Na.2H/c1-5-9-13-17-21-25-29-33-37-41-45-49-53-58-68(78)64-70(66-76)85-87(83,72(80)60-55-51-47-43-39-35-31-27-23-19-15-11-7-3)74(82,62-57-63-75)88(84,73(81)61-56-52-48-44-40-36-32-28-24-20-16-12-8-4)86-71(67-77)65-69(79)59-54-50-46-42-38-34-30-26-22-18-14-10-6-2;;;;/h70-71,75-77,82H,5-67H2,1-4H3;;;;. The number of hydrogen-bond donors (Lipinski definition) is 4. The Hall–Kier alpha value is 0.900. The molecule has 0 aliphatic carbocycles. The number of unbranched alkanes of at least 4 members (excludes halogenated alkanes) is 48. The molecule has 0 saturated carbocycles. The van der Waals surface area contributed by atoms with Gasteiger partial charge in [-0.2, -0.15) is 0 Å². The Bertz CT molecular complexity index is 1610. The van der Waals surface area contributed by atoms with Gasteiger partial charge in [0, 0.05) is 45.1 Å². The van der Waals surface area contributed by atoms with E-state index in [2.05, 4.69) is 27.7 Å². The molecule has 0 radical (unpaired) electrons. The first kappa shape index (κ1) is 95.1. The van der Waals surface area contributed by atoms with Gasteiger partial charge in [-0.25, -0.2) is 0 Å². The molecule has 0 spiro atoms. The van der Waals surface area contributed by atoms with Crippen LogP contribution < -0.4 is 0 Å². The summed E-state index contributed by atoms with van der Waals surface area (Å²) in [4.78, 5) is 57.2. The van der Waals surface area contributed by atoms with E-state index in [4.69, 9.17) is 9.05 Å². The summed E-state index contributed by atoms with van der Waals surface area (Å²) in [6, 6.07) is 0. The van der Waals surface area contributed by atoms with Gasteiger partial charge < -0.3 is 29.5 Å². The van der Waals surface area contributed by atoms with Gasteiger partial charge >= 0.3 is 73.9 Å². The van der Waals surface area contributed by atoms with E-state index in [9.17, 15) is 39.6 Å². The second-order valence-electron chi connectivity index (χ2n) is 26.8. The SMILES string of the molecule is CCCCCCCCCCCCCCCC(=O)CC(CO)OP(=O)(C(=O)CCCCCCCCCCCCCCC)C(O)(CCCO)P(=O)(OC(CO)CC(=O)CCCCCCCCCCCCCCC)C(=O)CCCCCCCCCCCCCCC.[NaH].[NaH]. The minimum atomic E-state index is -5.51. The van der Waals surface area contributed by atoms with Crippen molar-refractivity contribution in [1.82, 2.24) is 0 Å². The fraction of sp³-hybridized carbons (Fsp3) is 0.946. The predicted octanol–water partition coefficient (Wildman–Crippen LogP) is 21.3. The molecular formula is C74H146Na2O12P2. The van der Waals surface area contributed by atoms with E-state index in [0.717, 1.165) is 103 Å². The monoisotopic (exact) mass is 1340 g/mol. The van der Waals surface area contributed by atoms with E-state index in [0.29, 0.717) is 25.7 Å². The molecule has 526 valence electrons. The third-order valence-electron chi connectivity index (χ3n) is 18.3. The number of ketones is 2. The summed E-state index contributed by atoms with van der Waals surface area (Å²) < 4.78 is 44.7. The Morgan fingerprint density at radius 2 is 0.500 bits per heavy atom. The second-order valence-corrected chi connectivity index (χ2v) is 32.2. The first-order valence-corrected chi connectivity index (χ1v) is 41.3. The van der Waals surface area contributed by atoms with Crippen molar-refractivity contribution in [2.45, 2.75) is 430 Å². The van der Waals surface area contributed by atoms with E-state index in [1.54, 1.807) is 0 Å². The average Bonchev–Trinajstić information content (AvgIpc) is 0.758.